The Morgan fingerprint density at radius 3 is 1.80 bits per heavy atom. The number of aliphatic hydroxyl groups excluding tert-OH is 1. The van der Waals surface area contributed by atoms with Crippen molar-refractivity contribution in [1.82, 2.24) is 0 Å². The van der Waals surface area contributed by atoms with Crippen LogP contribution in [0.4, 0.5) is 4.39 Å². The molecule has 0 aliphatic carbocycles. The van der Waals surface area contributed by atoms with Gasteiger partial charge in [0.1, 0.15) is 11.6 Å². The maximum absolute atomic E-state index is 13.5. The maximum atomic E-state index is 13.5. The average molecular weight is 659 g/mol. The molecule has 0 saturated heterocycles. The number of halogens is 1. The fourth-order valence-electron chi connectivity index (χ4n) is 4.08. The van der Waals surface area contributed by atoms with Crippen molar-refractivity contribution in [2.45, 2.75) is 110 Å². The van der Waals surface area contributed by atoms with Crippen LogP contribution >= 0.6 is 0 Å². The van der Waals surface area contributed by atoms with Crippen LogP contribution < -0.4 is 4.74 Å². The summed E-state index contributed by atoms with van der Waals surface area (Å²) in [5, 5.41) is 18.4. The van der Waals surface area contributed by atoms with Crippen LogP contribution in [-0.4, -0.2) is 31.5 Å². The minimum Gasteiger partial charge on any atom is -0.493 e. The summed E-state index contributed by atoms with van der Waals surface area (Å²) in [6.45, 7) is 3.54. The summed E-state index contributed by atoms with van der Waals surface area (Å²) in [5.41, 5.74) is 0.218. The number of benzene rings is 1. The molecule has 1 unspecified atom stereocenters. The summed E-state index contributed by atoms with van der Waals surface area (Å²) in [5.74, 6) is -0.378. The smallest absolute Gasteiger partial charge is 0.128 e. The van der Waals surface area contributed by atoms with Gasteiger partial charge < -0.3 is 14.6 Å². The number of hydrogen-bond acceptors (Lipinski definition) is 4. The van der Waals surface area contributed by atoms with E-state index < -0.39 is 5.82 Å². The Morgan fingerprint density at radius 1 is 0.800 bits per heavy atom. The number of nitriles is 1. The van der Waals surface area contributed by atoms with Gasteiger partial charge in [0.25, 0.3) is 0 Å². The predicted octanol–water partition coefficient (Wildman–Crippen LogP) is 7.96. The molecule has 1 aromatic rings. The van der Waals surface area contributed by atoms with Crippen molar-refractivity contribution < 1.29 is 41.4 Å². The van der Waals surface area contributed by atoms with Gasteiger partial charge in [-0.1, -0.05) is 103 Å². The van der Waals surface area contributed by atoms with Crippen LogP contribution in [0, 0.1) is 23.1 Å². The van der Waals surface area contributed by atoms with Gasteiger partial charge in [0.15, 0.2) is 0 Å². The molecule has 0 bridgehead atoms. The van der Waals surface area contributed by atoms with E-state index >= 15 is 0 Å². The Balaban J connectivity index is 0.0000116. The largest absolute Gasteiger partial charge is 0.493 e. The Hall–Kier alpha value is -0.900. The topological polar surface area (TPSA) is 62.5 Å². The molecule has 0 amide bonds. The zero-order valence-corrected chi connectivity index (χ0v) is 25.2. The third kappa shape index (κ3) is 19.9. The fraction of sp³-hybridized carbons (Fsp3) is 0.759. The van der Waals surface area contributed by atoms with Crippen LogP contribution in [0.1, 0.15) is 115 Å². The van der Waals surface area contributed by atoms with Crippen molar-refractivity contribution in [3.05, 3.63) is 29.6 Å². The third-order valence-corrected chi connectivity index (χ3v) is 6.24. The van der Waals surface area contributed by atoms with E-state index in [1.807, 2.05) is 6.07 Å². The van der Waals surface area contributed by atoms with E-state index in [1.165, 1.54) is 108 Å². The Bertz CT molecular complexity index is 653. The van der Waals surface area contributed by atoms with Crippen molar-refractivity contribution in [3.8, 4) is 11.8 Å². The van der Waals surface area contributed by atoms with Gasteiger partial charge in [-0.05, 0) is 18.6 Å². The average Bonchev–Trinajstić information content (AvgIpc) is 2.84. The van der Waals surface area contributed by atoms with Gasteiger partial charge in [-0.2, -0.15) is 5.26 Å². The minimum atomic E-state index is -0.505. The van der Waals surface area contributed by atoms with E-state index in [0.717, 1.165) is 12.5 Å². The molecule has 4 nitrogen and oxygen atoms in total. The van der Waals surface area contributed by atoms with Crippen molar-refractivity contribution in [3.63, 3.8) is 0 Å². The zero-order valence-electron chi connectivity index (χ0n) is 22.0. The quantitative estimate of drug-likeness (QED) is 0.121. The first-order chi connectivity index (χ1) is 16.7. The molecule has 0 aliphatic rings. The summed E-state index contributed by atoms with van der Waals surface area (Å²) < 4.78 is 24.7. The summed E-state index contributed by atoms with van der Waals surface area (Å²) in [4.78, 5) is 0. The van der Waals surface area contributed by atoms with Gasteiger partial charge >= 0.3 is 0 Å². The molecule has 0 aromatic heterocycles. The van der Waals surface area contributed by atoms with Gasteiger partial charge in [-0.25, -0.2) is 4.39 Å². The van der Waals surface area contributed by atoms with Gasteiger partial charge in [0.05, 0.1) is 31.5 Å². The standard InChI is InChI=1S/C29H48FNO3.Ta/c1-2-3-4-5-6-7-8-9-10-11-12-13-14-15-16-17-18-33-24-27(23-32)25-34-29-20-26(22-31)19-28(30)21-29;/h19-21,27,32H,2-18,23-25H2,1H3;. The Labute approximate surface area is 229 Å². The molecule has 35 heavy (non-hydrogen) atoms. The molecule has 0 spiro atoms. The molecule has 6 heteroatoms. The SMILES string of the molecule is CCCCCCCCCCCCCCCCCCOCC(CO)COc1cc(F)cc(C#N)c1.[Ta]. The molecule has 0 aliphatic heterocycles. The fourth-order valence-corrected chi connectivity index (χ4v) is 4.08. The van der Waals surface area contributed by atoms with Crippen LogP contribution in [0.15, 0.2) is 18.2 Å². The van der Waals surface area contributed by atoms with E-state index in [-0.39, 0.29) is 47.1 Å². The monoisotopic (exact) mass is 658 g/mol. The van der Waals surface area contributed by atoms with Crippen molar-refractivity contribution in [2.75, 3.05) is 26.4 Å². The summed E-state index contributed by atoms with van der Waals surface area (Å²) >= 11 is 0. The normalized spacial score (nSPS) is 11.6. The molecule has 1 radical (unpaired) electrons. The summed E-state index contributed by atoms with van der Waals surface area (Å²) in [6, 6.07) is 5.81. The number of rotatable bonds is 23. The molecular weight excluding hydrogens is 610 g/mol. The first kappa shape index (κ1) is 34.1. The zero-order chi connectivity index (χ0) is 24.7. The first-order valence-electron chi connectivity index (χ1n) is 13.7. The van der Waals surface area contributed by atoms with Crippen molar-refractivity contribution in [1.29, 1.82) is 5.26 Å². The first-order valence-corrected chi connectivity index (χ1v) is 13.7. The molecule has 199 valence electrons. The number of nitrogens with zero attached hydrogens (tertiary/aromatic N) is 1. The molecule has 0 heterocycles. The predicted molar refractivity (Wildman–Crippen MR) is 138 cm³/mol. The van der Waals surface area contributed by atoms with Crippen LogP contribution in [0.25, 0.3) is 0 Å². The van der Waals surface area contributed by atoms with Gasteiger partial charge in [-0.3, -0.25) is 0 Å². The van der Waals surface area contributed by atoms with Crippen molar-refractivity contribution >= 4 is 0 Å². The van der Waals surface area contributed by atoms with Crippen LogP contribution in [-0.2, 0) is 27.1 Å². The molecule has 1 N–H and O–H groups in total. The van der Waals surface area contributed by atoms with Crippen LogP contribution in [0.2, 0.25) is 0 Å². The van der Waals surface area contributed by atoms with Gasteiger partial charge in [0, 0.05) is 41.0 Å². The minimum absolute atomic E-state index is 0. The molecule has 1 rings (SSSR count). The Morgan fingerprint density at radius 2 is 1.31 bits per heavy atom. The second-order valence-electron chi connectivity index (χ2n) is 9.53. The summed E-state index contributed by atoms with van der Waals surface area (Å²) in [7, 11) is 0. The molecule has 0 saturated carbocycles. The van der Waals surface area contributed by atoms with E-state index in [1.54, 1.807) is 0 Å². The molecule has 1 aromatic carbocycles. The molecular formula is C29H48FNO3Ta. The van der Waals surface area contributed by atoms with Crippen molar-refractivity contribution in [2.24, 2.45) is 5.92 Å². The number of hydrogen-bond donors (Lipinski definition) is 1. The van der Waals surface area contributed by atoms with Crippen LogP contribution in [0.3, 0.4) is 0 Å². The second kappa shape index (κ2) is 24.8. The van der Waals surface area contributed by atoms with E-state index in [0.29, 0.717) is 19.0 Å². The summed E-state index contributed by atoms with van der Waals surface area (Å²) in [6.07, 6.45) is 21.5. The number of aliphatic hydroxyl groups is 1. The number of unbranched alkanes of at least 4 members (excludes halogenated alkanes) is 15. The molecule has 1 atom stereocenters. The van der Waals surface area contributed by atoms with E-state index in [4.69, 9.17) is 14.7 Å². The van der Waals surface area contributed by atoms with E-state index in [9.17, 15) is 9.50 Å². The van der Waals surface area contributed by atoms with E-state index in [2.05, 4.69) is 6.92 Å². The Kier molecular flexibility index (Phi) is 24.1. The van der Waals surface area contributed by atoms with Crippen LogP contribution in [0.5, 0.6) is 5.75 Å². The third-order valence-electron chi connectivity index (χ3n) is 6.24. The second-order valence-corrected chi connectivity index (χ2v) is 9.53. The molecule has 0 fully saturated rings. The maximum Gasteiger partial charge on any atom is 0.128 e. The number of ether oxygens (including phenoxy) is 2. The van der Waals surface area contributed by atoms with Gasteiger partial charge in [0.2, 0.25) is 0 Å². The van der Waals surface area contributed by atoms with Gasteiger partial charge in [-0.15, -0.1) is 0 Å².